The average molecular weight is 250 g/mol. The molecule has 102 valence electrons. The summed E-state index contributed by atoms with van der Waals surface area (Å²) < 4.78 is 5.66. The Morgan fingerprint density at radius 1 is 1.17 bits per heavy atom. The fourth-order valence-corrected chi connectivity index (χ4v) is 1.60. The predicted molar refractivity (Wildman–Crippen MR) is 78.2 cm³/mol. The molecule has 1 atom stereocenters. The molecule has 0 aliphatic rings. The zero-order valence-electron chi connectivity index (χ0n) is 11.6. The molecule has 3 N–H and O–H groups in total. The topological polar surface area (TPSA) is 47.3 Å². The lowest BCUT2D eigenvalue weighted by Crippen LogP contribution is -2.27. The van der Waals surface area contributed by atoms with Crippen molar-refractivity contribution in [2.24, 2.45) is 5.73 Å². The summed E-state index contributed by atoms with van der Waals surface area (Å²) in [5.41, 5.74) is 6.95. The van der Waals surface area contributed by atoms with Gasteiger partial charge in [-0.1, -0.05) is 26.7 Å². The normalized spacial score (nSPS) is 12.2. The number of benzene rings is 1. The van der Waals surface area contributed by atoms with Gasteiger partial charge in [0.15, 0.2) is 0 Å². The smallest absolute Gasteiger partial charge is 0.119 e. The van der Waals surface area contributed by atoms with E-state index < -0.39 is 0 Å². The second kappa shape index (κ2) is 8.81. The monoisotopic (exact) mass is 250 g/mol. The van der Waals surface area contributed by atoms with E-state index in [4.69, 9.17) is 10.5 Å². The Hall–Kier alpha value is -1.22. The fraction of sp³-hybridized carbons (Fsp3) is 0.600. The molecule has 0 bridgehead atoms. The first kappa shape index (κ1) is 14.8. The SMILES string of the molecule is CCCCCOc1ccc(NCC(N)CC)cc1. The maximum Gasteiger partial charge on any atom is 0.119 e. The molecule has 3 heteroatoms. The van der Waals surface area contributed by atoms with Gasteiger partial charge in [-0.3, -0.25) is 0 Å². The molecule has 0 fully saturated rings. The number of hydrogen-bond acceptors (Lipinski definition) is 3. The maximum atomic E-state index is 5.86. The maximum absolute atomic E-state index is 5.86. The van der Waals surface area contributed by atoms with E-state index in [2.05, 4.69) is 19.2 Å². The Morgan fingerprint density at radius 2 is 1.89 bits per heavy atom. The van der Waals surface area contributed by atoms with Gasteiger partial charge in [-0.05, 0) is 37.1 Å². The molecule has 1 unspecified atom stereocenters. The first-order valence-corrected chi connectivity index (χ1v) is 6.98. The summed E-state index contributed by atoms with van der Waals surface area (Å²) in [5.74, 6) is 0.941. The van der Waals surface area contributed by atoms with Crippen LogP contribution in [0.4, 0.5) is 5.69 Å². The van der Waals surface area contributed by atoms with Gasteiger partial charge >= 0.3 is 0 Å². The molecule has 0 aromatic heterocycles. The van der Waals surface area contributed by atoms with Crippen LogP contribution in [0.1, 0.15) is 39.5 Å². The van der Waals surface area contributed by atoms with E-state index in [1.54, 1.807) is 0 Å². The minimum Gasteiger partial charge on any atom is -0.494 e. The van der Waals surface area contributed by atoms with Crippen molar-refractivity contribution < 1.29 is 4.74 Å². The van der Waals surface area contributed by atoms with Crippen LogP contribution < -0.4 is 15.8 Å². The molecular weight excluding hydrogens is 224 g/mol. The molecule has 0 amide bonds. The third-order valence-electron chi connectivity index (χ3n) is 2.96. The van der Waals surface area contributed by atoms with Crippen LogP contribution in [-0.4, -0.2) is 19.2 Å². The number of ether oxygens (including phenoxy) is 1. The van der Waals surface area contributed by atoms with Crippen LogP contribution in [0.25, 0.3) is 0 Å². The van der Waals surface area contributed by atoms with E-state index in [0.29, 0.717) is 0 Å². The summed E-state index contributed by atoms with van der Waals surface area (Å²) >= 11 is 0. The summed E-state index contributed by atoms with van der Waals surface area (Å²) in [4.78, 5) is 0. The number of unbranched alkanes of at least 4 members (excludes halogenated alkanes) is 2. The van der Waals surface area contributed by atoms with Crippen molar-refractivity contribution in [1.82, 2.24) is 0 Å². The van der Waals surface area contributed by atoms with Crippen molar-refractivity contribution in [2.45, 2.75) is 45.6 Å². The fourth-order valence-electron chi connectivity index (χ4n) is 1.60. The van der Waals surface area contributed by atoms with Gasteiger partial charge in [0.2, 0.25) is 0 Å². The second-order valence-electron chi connectivity index (χ2n) is 4.63. The van der Waals surface area contributed by atoms with Gasteiger partial charge in [-0.25, -0.2) is 0 Å². The second-order valence-corrected chi connectivity index (χ2v) is 4.63. The molecule has 1 rings (SSSR count). The summed E-state index contributed by atoms with van der Waals surface area (Å²) in [6.07, 6.45) is 4.58. The van der Waals surface area contributed by atoms with Crippen LogP contribution in [0.3, 0.4) is 0 Å². The predicted octanol–water partition coefficient (Wildman–Crippen LogP) is 3.40. The zero-order chi connectivity index (χ0) is 13.2. The first-order valence-electron chi connectivity index (χ1n) is 6.98. The van der Waals surface area contributed by atoms with E-state index in [-0.39, 0.29) is 6.04 Å². The summed E-state index contributed by atoms with van der Waals surface area (Å²) in [5, 5.41) is 3.32. The highest BCUT2D eigenvalue weighted by molar-refractivity contribution is 5.46. The highest BCUT2D eigenvalue weighted by atomic mass is 16.5. The van der Waals surface area contributed by atoms with Gasteiger partial charge in [0.05, 0.1) is 6.61 Å². The van der Waals surface area contributed by atoms with Crippen LogP contribution in [0.2, 0.25) is 0 Å². The first-order chi connectivity index (χ1) is 8.76. The van der Waals surface area contributed by atoms with E-state index >= 15 is 0 Å². The Balaban J connectivity index is 2.28. The van der Waals surface area contributed by atoms with Crippen molar-refractivity contribution in [3.8, 4) is 5.75 Å². The standard InChI is InChI=1S/C15H26N2O/c1-3-5-6-11-18-15-9-7-14(8-10-15)17-12-13(16)4-2/h7-10,13,17H,3-6,11-12,16H2,1-2H3. The molecule has 1 aromatic rings. The third kappa shape index (κ3) is 5.92. The average Bonchev–Trinajstić information content (AvgIpc) is 2.42. The van der Waals surface area contributed by atoms with Gasteiger partial charge in [0.1, 0.15) is 5.75 Å². The molecular formula is C15H26N2O. The van der Waals surface area contributed by atoms with Crippen molar-refractivity contribution in [1.29, 1.82) is 0 Å². The van der Waals surface area contributed by atoms with Gasteiger partial charge in [-0.2, -0.15) is 0 Å². The minimum absolute atomic E-state index is 0.218. The molecule has 0 saturated carbocycles. The summed E-state index contributed by atoms with van der Waals surface area (Å²) in [6.45, 7) is 5.91. The third-order valence-corrected chi connectivity index (χ3v) is 2.96. The molecule has 0 radical (unpaired) electrons. The summed E-state index contributed by atoms with van der Waals surface area (Å²) in [7, 11) is 0. The summed E-state index contributed by atoms with van der Waals surface area (Å²) in [6, 6.07) is 8.31. The van der Waals surface area contributed by atoms with Crippen molar-refractivity contribution in [3.05, 3.63) is 24.3 Å². The van der Waals surface area contributed by atoms with Gasteiger partial charge in [0.25, 0.3) is 0 Å². The van der Waals surface area contributed by atoms with Crippen LogP contribution >= 0.6 is 0 Å². The van der Waals surface area contributed by atoms with Crippen LogP contribution in [0.15, 0.2) is 24.3 Å². The number of nitrogens with two attached hydrogens (primary N) is 1. The van der Waals surface area contributed by atoms with Crippen LogP contribution in [-0.2, 0) is 0 Å². The molecule has 0 aliphatic heterocycles. The van der Waals surface area contributed by atoms with Crippen LogP contribution in [0, 0.1) is 0 Å². The van der Waals surface area contributed by atoms with Crippen molar-refractivity contribution in [3.63, 3.8) is 0 Å². The Labute approximate surface area is 111 Å². The molecule has 0 saturated heterocycles. The Morgan fingerprint density at radius 3 is 2.50 bits per heavy atom. The number of hydrogen-bond donors (Lipinski definition) is 2. The van der Waals surface area contributed by atoms with Crippen molar-refractivity contribution >= 4 is 5.69 Å². The number of rotatable bonds is 9. The van der Waals surface area contributed by atoms with E-state index in [1.165, 1.54) is 12.8 Å². The lowest BCUT2D eigenvalue weighted by atomic mass is 10.2. The molecule has 0 spiro atoms. The number of nitrogens with one attached hydrogen (secondary N) is 1. The lowest BCUT2D eigenvalue weighted by molar-refractivity contribution is 0.306. The van der Waals surface area contributed by atoms with Gasteiger partial charge < -0.3 is 15.8 Å². The Kier molecular flexibility index (Phi) is 7.26. The molecule has 1 aromatic carbocycles. The zero-order valence-corrected chi connectivity index (χ0v) is 11.6. The van der Waals surface area contributed by atoms with Gasteiger partial charge in [-0.15, -0.1) is 0 Å². The molecule has 0 heterocycles. The van der Waals surface area contributed by atoms with E-state index in [9.17, 15) is 0 Å². The lowest BCUT2D eigenvalue weighted by Gasteiger charge is -2.12. The Bertz CT molecular complexity index is 311. The van der Waals surface area contributed by atoms with E-state index in [0.717, 1.165) is 37.4 Å². The molecule has 3 nitrogen and oxygen atoms in total. The quantitative estimate of drug-likeness (QED) is 0.660. The highest BCUT2D eigenvalue weighted by Crippen LogP contribution is 2.16. The van der Waals surface area contributed by atoms with E-state index in [1.807, 2.05) is 24.3 Å². The largest absolute Gasteiger partial charge is 0.494 e. The molecule has 18 heavy (non-hydrogen) atoms. The van der Waals surface area contributed by atoms with Crippen molar-refractivity contribution in [2.75, 3.05) is 18.5 Å². The van der Waals surface area contributed by atoms with Gasteiger partial charge in [0, 0.05) is 18.3 Å². The number of anilines is 1. The highest BCUT2D eigenvalue weighted by Gasteiger charge is 1.99. The van der Waals surface area contributed by atoms with Crippen LogP contribution in [0.5, 0.6) is 5.75 Å². The molecule has 0 aliphatic carbocycles. The minimum atomic E-state index is 0.218.